The van der Waals surface area contributed by atoms with Gasteiger partial charge in [-0.3, -0.25) is 9.59 Å². The van der Waals surface area contributed by atoms with Gasteiger partial charge in [-0.05, 0) is 50.5 Å². The second-order valence-electron chi connectivity index (χ2n) is 7.44. The highest BCUT2D eigenvalue weighted by atomic mass is 16.3. The van der Waals surface area contributed by atoms with E-state index in [9.17, 15) is 9.59 Å². The van der Waals surface area contributed by atoms with Crippen LogP contribution < -0.4 is 0 Å². The zero-order valence-corrected chi connectivity index (χ0v) is 14.7. The molecule has 1 aliphatic heterocycles. The Morgan fingerprint density at radius 1 is 1.12 bits per heavy atom. The maximum absolute atomic E-state index is 12.8. The third-order valence-corrected chi connectivity index (χ3v) is 5.78. The van der Waals surface area contributed by atoms with Crippen molar-refractivity contribution >= 4 is 11.8 Å². The molecule has 0 bridgehead atoms. The quantitative estimate of drug-likeness (QED) is 0.854. The van der Waals surface area contributed by atoms with Crippen LogP contribution in [-0.2, 0) is 4.79 Å². The van der Waals surface area contributed by atoms with Crippen LogP contribution in [0, 0.1) is 11.8 Å². The molecule has 5 heteroatoms. The number of rotatable bonds is 3. The molecule has 1 saturated heterocycles. The molecule has 5 nitrogen and oxygen atoms in total. The van der Waals surface area contributed by atoms with E-state index < -0.39 is 0 Å². The molecule has 2 amide bonds. The second-order valence-corrected chi connectivity index (χ2v) is 7.44. The van der Waals surface area contributed by atoms with Gasteiger partial charge in [0, 0.05) is 32.1 Å². The Morgan fingerprint density at radius 2 is 1.79 bits per heavy atom. The van der Waals surface area contributed by atoms with Crippen LogP contribution in [0.25, 0.3) is 0 Å². The molecule has 132 valence electrons. The topological polar surface area (TPSA) is 53.8 Å². The second kappa shape index (κ2) is 7.41. The Labute approximate surface area is 144 Å². The minimum absolute atomic E-state index is 0.00396. The highest BCUT2D eigenvalue weighted by Gasteiger charge is 2.32. The van der Waals surface area contributed by atoms with Crippen LogP contribution >= 0.6 is 0 Å². The van der Waals surface area contributed by atoms with Gasteiger partial charge in [-0.2, -0.15) is 0 Å². The van der Waals surface area contributed by atoms with Crippen LogP contribution in [0.4, 0.5) is 0 Å². The molecule has 0 aromatic carbocycles. The molecule has 0 N–H and O–H groups in total. The highest BCUT2D eigenvalue weighted by Crippen LogP contribution is 2.29. The Hall–Kier alpha value is -1.78. The Bertz CT molecular complexity index is 553. The lowest BCUT2D eigenvalue weighted by molar-refractivity contribution is -0.138. The fourth-order valence-corrected chi connectivity index (χ4v) is 4.00. The van der Waals surface area contributed by atoms with Crippen LogP contribution in [0.1, 0.15) is 55.8 Å². The number of amides is 2. The van der Waals surface area contributed by atoms with Crippen LogP contribution in [0.15, 0.2) is 23.0 Å². The molecule has 3 rings (SSSR count). The molecule has 2 aliphatic rings. The van der Waals surface area contributed by atoms with Crippen molar-refractivity contribution in [2.75, 3.05) is 20.1 Å². The fourth-order valence-electron chi connectivity index (χ4n) is 4.00. The maximum atomic E-state index is 12.8. The fraction of sp³-hybridized carbons (Fsp3) is 0.684. The summed E-state index contributed by atoms with van der Waals surface area (Å²) in [5.74, 6) is 1.12. The molecule has 24 heavy (non-hydrogen) atoms. The predicted octanol–water partition coefficient (Wildman–Crippen LogP) is 3.17. The molecule has 1 saturated carbocycles. The number of hydrogen-bond donors (Lipinski definition) is 0. The summed E-state index contributed by atoms with van der Waals surface area (Å²) in [6.45, 7) is 3.59. The number of carbonyl (C=O) groups is 2. The van der Waals surface area contributed by atoms with E-state index in [0.717, 1.165) is 31.6 Å². The van der Waals surface area contributed by atoms with E-state index >= 15 is 0 Å². The van der Waals surface area contributed by atoms with Gasteiger partial charge in [-0.25, -0.2) is 0 Å². The van der Waals surface area contributed by atoms with E-state index in [4.69, 9.17) is 4.42 Å². The van der Waals surface area contributed by atoms with Gasteiger partial charge in [0.15, 0.2) is 0 Å². The number of likely N-dealkylation sites (tertiary alicyclic amines) is 1. The number of carbonyl (C=O) groups excluding carboxylic acids is 2. The third kappa shape index (κ3) is 3.65. The summed E-state index contributed by atoms with van der Waals surface area (Å²) in [4.78, 5) is 28.9. The third-order valence-electron chi connectivity index (χ3n) is 5.78. The smallest absolute Gasteiger partial charge is 0.257 e. The van der Waals surface area contributed by atoms with E-state index in [-0.39, 0.29) is 17.7 Å². The Kier molecular flexibility index (Phi) is 5.27. The summed E-state index contributed by atoms with van der Waals surface area (Å²) >= 11 is 0. The first-order valence-electron chi connectivity index (χ1n) is 9.14. The lowest BCUT2D eigenvalue weighted by atomic mass is 9.86. The van der Waals surface area contributed by atoms with Gasteiger partial charge < -0.3 is 14.2 Å². The van der Waals surface area contributed by atoms with E-state index in [1.807, 2.05) is 16.8 Å². The molecule has 2 heterocycles. The Balaban J connectivity index is 1.50. The summed E-state index contributed by atoms with van der Waals surface area (Å²) in [5.41, 5.74) is 0.591. The van der Waals surface area contributed by atoms with Gasteiger partial charge in [0.1, 0.15) is 6.26 Å². The minimum atomic E-state index is 0.00396. The molecule has 1 aliphatic carbocycles. The van der Waals surface area contributed by atoms with E-state index in [0.29, 0.717) is 24.7 Å². The first-order valence-corrected chi connectivity index (χ1v) is 9.14. The van der Waals surface area contributed by atoms with E-state index in [1.54, 1.807) is 6.07 Å². The monoisotopic (exact) mass is 332 g/mol. The predicted molar refractivity (Wildman–Crippen MR) is 91.5 cm³/mol. The van der Waals surface area contributed by atoms with Crippen molar-refractivity contribution < 1.29 is 14.0 Å². The molecule has 1 aromatic heterocycles. The molecule has 2 fully saturated rings. The first-order chi connectivity index (χ1) is 11.6. The summed E-state index contributed by atoms with van der Waals surface area (Å²) in [6.07, 6.45) is 9.22. The minimum Gasteiger partial charge on any atom is -0.472 e. The lowest BCUT2D eigenvalue weighted by Crippen LogP contribution is -2.46. The SMILES string of the molecule is CC1CCC(N(C)C(=O)C2CCN(C(=O)c3ccoc3)CC2)CC1. The molecular weight excluding hydrogens is 304 g/mol. The van der Waals surface area contributed by atoms with Crippen LogP contribution in [0.5, 0.6) is 0 Å². The number of hydrogen-bond acceptors (Lipinski definition) is 3. The number of piperidine rings is 1. The van der Waals surface area contributed by atoms with Crippen molar-refractivity contribution in [1.29, 1.82) is 0 Å². The standard InChI is InChI=1S/C19H28N2O3/c1-14-3-5-17(6-4-14)20(2)18(22)15-7-10-21(11-8-15)19(23)16-9-12-24-13-16/h9,12-15,17H,3-8,10-11H2,1-2H3. The average Bonchev–Trinajstić information content (AvgIpc) is 3.15. The Morgan fingerprint density at radius 3 is 2.38 bits per heavy atom. The van der Waals surface area contributed by atoms with E-state index in [2.05, 4.69) is 6.92 Å². The van der Waals surface area contributed by atoms with Crippen molar-refractivity contribution in [1.82, 2.24) is 9.80 Å². The van der Waals surface area contributed by atoms with Crippen LogP contribution in [0.2, 0.25) is 0 Å². The van der Waals surface area contributed by atoms with Gasteiger partial charge in [-0.1, -0.05) is 6.92 Å². The summed E-state index contributed by atoms with van der Waals surface area (Å²) in [6, 6.07) is 2.09. The molecule has 0 spiro atoms. The molecule has 0 unspecified atom stereocenters. The first kappa shape index (κ1) is 17.1. The van der Waals surface area contributed by atoms with Crippen molar-refractivity contribution in [2.45, 2.75) is 51.5 Å². The van der Waals surface area contributed by atoms with Crippen molar-refractivity contribution in [3.05, 3.63) is 24.2 Å². The molecular formula is C19H28N2O3. The van der Waals surface area contributed by atoms with Gasteiger partial charge in [0.25, 0.3) is 5.91 Å². The highest BCUT2D eigenvalue weighted by molar-refractivity contribution is 5.94. The largest absolute Gasteiger partial charge is 0.472 e. The summed E-state index contributed by atoms with van der Waals surface area (Å²) < 4.78 is 4.98. The molecule has 1 aromatic rings. The molecule has 0 radical (unpaired) electrons. The van der Waals surface area contributed by atoms with Gasteiger partial charge in [0.05, 0.1) is 11.8 Å². The molecule has 0 atom stereocenters. The maximum Gasteiger partial charge on any atom is 0.257 e. The van der Waals surface area contributed by atoms with Crippen LogP contribution in [-0.4, -0.2) is 47.8 Å². The van der Waals surface area contributed by atoms with E-state index in [1.165, 1.54) is 25.4 Å². The summed E-state index contributed by atoms with van der Waals surface area (Å²) in [5, 5.41) is 0. The zero-order valence-electron chi connectivity index (χ0n) is 14.7. The number of furan rings is 1. The zero-order chi connectivity index (χ0) is 17.1. The average molecular weight is 332 g/mol. The van der Waals surface area contributed by atoms with Gasteiger partial charge in [-0.15, -0.1) is 0 Å². The normalized spacial score (nSPS) is 25.5. The van der Waals surface area contributed by atoms with Crippen molar-refractivity contribution in [2.24, 2.45) is 11.8 Å². The van der Waals surface area contributed by atoms with Crippen molar-refractivity contribution in [3.63, 3.8) is 0 Å². The van der Waals surface area contributed by atoms with Gasteiger partial charge in [0.2, 0.25) is 5.91 Å². The lowest BCUT2D eigenvalue weighted by Gasteiger charge is -2.38. The van der Waals surface area contributed by atoms with Gasteiger partial charge >= 0.3 is 0 Å². The van der Waals surface area contributed by atoms with Crippen LogP contribution in [0.3, 0.4) is 0 Å². The van der Waals surface area contributed by atoms with Crippen molar-refractivity contribution in [3.8, 4) is 0 Å². The number of nitrogens with zero attached hydrogens (tertiary/aromatic N) is 2. The summed E-state index contributed by atoms with van der Waals surface area (Å²) in [7, 11) is 1.96.